The normalized spacial score (nSPS) is 31.4. The summed E-state index contributed by atoms with van der Waals surface area (Å²) >= 11 is 0. The van der Waals surface area contributed by atoms with E-state index in [1.54, 1.807) is 0 Å². The van der Waals surface area contributed by atoms with Gasteiger partial charge >= 0.3 is 0 Å². The van der Waals surface area contributed by atoms with Crippen LogP contribution in [0.1, 0.15) is 12.8 Å². The van der Waals surface area contributed by atoms with E-state index in [9.17, 15) is 0 Å². The van der Waals surface area contributed by atoms with E-state index < -0.39 is 0 Å². The number of hydrogen-bond acceptors (Lipinski definition) is 3. The van der Waals surface area contributed by atoms with Crippen LogP contribution in [0.2, 0.25) is 0 Å². The van der Waals surface area contributed by atoms with Crippen LogP contribution in [-0.4, -0.2) is 37.2 Å². The Labute approximate surface area is 72.9 Å². The number of rotatable bonds is 2. The van der Waals surface area contributed by atoms with Crippen LogP contribution in [0.4, 0.5) is 0 Å². The van der Waals surface area contributed by atoms with Crippen molar-refractivity contribution in [1.82, 2.24) is 4.90 Å². The standard InChI is InChI=1S/C9H14N2O/c10-5-9-7-11(3-4-12-9)6-8-1-2-8/h8-9H,1-4,6-7H2. The monoisotopic (exact) mass is 166 g/mol. The molecule has 0 aromatic carbocycles. The molecule has 1 atom stereocenters. The fourth-order valence-corrected chi connectivity index (χ4v) is 1.61. The summed E-state index contributed by atoms with van der Waals surface area (Å²) in [5.74, 6) is 0.919. The lowest BCUT2D eigenvalue weighted by Gasteiger charge is -2.29. The topological polar surface area (TPSA) is 36.3 Å². The first-order chi connectivity index (χ1) is 5.88. The molecule has 0 radical (unpaired) electrons. The van der Waals surface area contributed by atoms with E-state index in [1.165, 1.54) is 19.4 Å². The highest BCUT2D eigenvalue weighted by molar-refractivity contribution is 4.90. The summed E-state index contributed by atoms with van der Waals surface area (Å²) in [4.78, 5) is 2.36. The van der Waals surface area contributed by atoms with Gasteiger partial charge in [-0.3, -0.25) is 4.90 Å². The second-order valence-electron chi connectivity index (χ2n) is 3.69. The fourth-order valence-electron chi connectivity index (χ4n) is 1.61. The number of ether oxygens (including phenoxy) is 1. The third-order valence-electron chi connectivity index (χ3n) is 2.51. The molecule has 3 heteroatoms. The van der Waals surface area contributed by atoms with Crippen molar-refractivity contribution in [3.05, 3.63) is 0 Å². The molecule has 1 aliphatic carbocycles. The Morgan fingerprint density at radius 2 is 2.33 bits per heavy atom. The van der Waals surface area contributed by atoms with Gasteiger partial charge < -0.3 is 4.74 Å². The average molecular weight is 166 g/mol. The zero-order chi connectivity index (χ0) is 8.39. The number of hydrogen-bond donors (Lipinski definition) is 0. The van der Waals surface area contributed by atoms with Crippen LogP contribution in [0.5, 0.6) is 0 Å². The van der Waals surface area contributed by atoms with Crippen LogP contribution in [0, 0.1) is 17.2 Å². The molecule has 1 unspecified atom stereocenters. The first kappa shape index (κ1) is 8.03. The predicted molar refractivity (Wildman–Crippen MR) is 44.5 cm³/mol. The van der Waals surface area contributed by atoms with Crippen LogP contribution in [0.15, 0.2) is 0 Å². The van der Waals surface area contributed by atoms with E-state index >= 15 is 0 Å². The lowest BCUT2D eigenvalue weighted by Crippen LogP contribution is -2.42. The molecule has 0 aromatic heterocycles. The van der Waals surface area contributed by atoms with E-state index in [-0.39, 0.29) is 6.10 Å². The first-order valence-electron chi connectivity index (χ1n) is 4.62. The predicted octanol–water partition coefficient (Wildman–Crippen LogP) is 0.621. The van der Waals surface area contributed by atoms with E-state index in [4.69, 9.17) is 10.00 Å². The molecule has 1 heterocycles. The second-order valence-corrected chi connectivity index (χ2v) is 3.69. The number of nitrogens with zero attached hydrogens (tertiary/aromatic N) is 2. The zero-order valence-corrected chi connectivity index (χ0v) is 7.20. The average Bonchev–Trinajstić information content (AvgIpc) is 2.89. The summed E-state index contributed by atoms with van der Waals surface area (Å²) in [7, 11) is 0. The van der Waals surface area contributed by atoms with Crippen molar-refractivity contribution in [2.24, 2.45) is 5.92 Å². The highest BCUT2D eigenvalue weighted by Crippen LogP contribution is 2.30. The molecule has 0 bridgehead atoms. The Balaban J connectivity index is 1.77. The molecule has 2 fully saturated rings. The number of nitriles is 1. The molecule has 0 spiro atoms. The van der Waals surface area contributed by atoms with Crippen molar-refractivity contribution in [3.8, 4) is 6.07 Å². The lowest BCUT2D eigenvalue weighted by atomic mass is 10.2. The number of morpholine rings is 1. The minimum absolute atomic E-state index is 0.183. The summed E-state index contributed by atoms with van der Waals surface area (Å²) in [6.45, 7) is 3.73. The summed E-state index contributed by atoms with van der Waals surface area (Å²) in [6.07, 6.45) is 2.58. The summed E-state index contributed by atoms with van der Waals surface area (Å²) in [5.41, 5.74) is 0. The molecular formula is C9H14N2O. The Bertz CT molecular complexity index is 195. The van der Waals surface area contributed by atoms with Crippen LogP contribution >= 0.6 is 0 Å². The molecular weight excluding hydrogens is 152 g/mol. The summed E-state index contributed by atoms with van der Waals surface area (Å²) < 4.78 is 5.26. The zero-order valence-electron chi connectivity index (χ0n) is 7.20. The molecule has 1 aliphatic heterocycles. The van der Waals surface area contributed by atoms with Crippen molar-refractivity contribution in [2.75, 3.05) is 26.2 Å². The summed E-state index contributed by atoms with van der Waals surface area (Å²) in [5, 5.41) is 8.66. The maximum absolute atomic E-state index is 8.66. The van der Waals surface area contributed by atoms with Crippen molar-refractivity contribution in [2.45, 2.75) is 18.9 Å². The van der Waals surface area contributed by atoms with Gasteiger partial charge in [0.1, 0.15) is 0 Å². The van der Waals surface area contributed by atoms with E-state index in [2.05, 4.69) is 11.0 Å². The third-order valence-corrected chi connectivity index (χ3v) is 2.51. The molecule has 0 amide bonds. The summed E-state index contributed by atoms with van der Waals surface area (Å²) in [6, 6.07) is 2.16. The van der Waals surface area contributed by atoms with Gasteiger partial charge in [-0.05, 0) is 18.8 Å². The fraction of sp³-hybridized carbons (Fsp3) is 0.889. The second kappa shape index (κ2) is 3.42. The largest absolute Gasteiger partial charge is 0.361 e. The van der Waals surface area contributed by atoms with Crippen molar-refractivity contribution in [1.29, 1.82) is 5.26 Å². The van der Waals surface area contributed by atoms with Gasteiger partial charge in [-0.2, -0.15) is 5.26 Å². The minimum atomic E-state index is -0.183. The molecule has 12 heavy (non-hydrogen) atoms. The van der Waals surface area contributed by atoms with Gasteiger partial charge in [-0.15, -0.1) is 0 Å². The van der Waals surface area contributed by atoms with Gasteiger partial charge in [0.2, 0.25) is 0 Å². The van der Waals surface area contributed by atoms with Gasteiger partial charge in [0.25, 0.3) is 0 Å². The van der Waals surface area contributed by atoms with Gasteiger partial charge in [0.05, 0.1) is 12.7 Å². The molecule has 66 valence electrons. The van der Waals surface area contributed by atoms with Gasteiger partial charge in [0.15, 0.2) is 6.10 Å². The van der Waals surface area contributed by atoms with Crippen LogP contribution in [-0.2, 0) is 4.74 Å². The van der Waals surface area contributed by atoms with E-state index in [0.717, 1.165) is 25.6 Å². The molecule has 3 nitrogen and oxygen atoms in total. The molecule has 2 aliphatic rings. The van der Waals surface area contributed by atoms with E-state index in [1.807, 2.05) is 0 Å². The maximum Gasteiger partial charge on any atom is 0.156 e. The SMILES string of the molecule is N#CC1CN(CC2CC2)CCO1. The Kier molecular flexibility index (Phi) is 2.29. The van der Waals surface area contributed by atoms with E-state index in [0.29, 0.717) is 0 Å². The molecule has 0 aromatic rings. The third kappa shape index (κ3) is 1.96. The maximum atomic E-state index is 8.66. The highest BCUT2D eigenvalue weighted by Gasteiger charge is 2.27. The highest BCUT2D eigenvalue weighted by atomic mass is 16.5. The van der Waals surface area contributed by atoms with Crippen LogP contribution in [0.3, 0.4) is 0 Å². The quantitative estimate of drug-likeness (QED) is 0.603. The van der Waals surface area contributed by atoms with Crippen molar-refractivity contribution >= 4 is 0 Å². The van der Waals surface area contributed by atoms with Gasteiger partial charge in [0, 0.05) is 19.6 Å². The van der Waals surface area contributed by atoms with Crippen molar-refractivity contribution in [3.63, 3.8) is 0 Å². The molecule has 1 saturated carbocycles. The Morgan fingerprint density at radius 3 is 3.00 bits per heavy atom. The molecule has 0 N–H and O–H groups in total. The Morgan fingerprint density at radius 1 is 1.50 bits per heavy atom. The van der Waals surface area contributed by atoms with Crippen LogP contribution in [0.25, 0.3) is 0 Å². The smallest absolute Gasteiger partial charge is 0.156 e. The molecule has 1 saturated heterocycles. The minimum Gasteiger partial charge on any atom is -0.361 e. The molecule has 2 rings (SSSR count). The first-order valence-corrected chi connectivity index (χ1v) is 4.62. The Hall–Kier alpha value is -0.590. The van der Waals surface area contributed by atoms with Crippen molar-refractivity contribution < 1.29 is 4.74 Å². The van der Waals surface area contributed by atoms with Gasteiger partial charge in [-0.25, -0.2) is 0 Å². The van der Waals surface area contributed by atoms with Crippen LogP contribution < -0.4 is 0 Å². The lowest BCUT2D eigenvalue weighted by molar-refractivity contribution is -0.00106. The van der Waals surface area contributed by atoms with Gasteiger partial charge in [-0.1, -0.05) is 0 Å².